The summed E-state index contributed by atoms with van der Waals surface area (Å²) in [4.78, 5) is 16.9. The van der Waals surface area contributed by atoms with Crippen LogP contribution in [0.15, 0.2) is 30.5 Å². The van der Waals surface area contributed by atoms with Gasteiger partial charge in [0.1, 0.15) is 5.82 Å². The van der Waals surface area contributed by atoms with Crippen LogP contribution in [0.1, 0.15) is 28.7 Å². The minimum Gasteiger partial charge on any atom is -0.395 e. The van der Waals surface area contributed by atoms with Crippen LogP contribution in [-0.2, 0) is 0 Å². The van der Waals surface area contributed by atoms with E-state index in [0.29, 0.717) is 5.56 Å². The smallest absolute Gasteiger partial charge is 0.253 e. The molecule has 0 saturated heterocycles. The van der Waals surface area contributed by atoms with Crippen LogP contribution in [0.5, 0.6) is 0 Å². The predicted octanol–water partition coefficient (Wildman–Crippen LogP) is 2.33. The topological polar surface area (TPSA) is 67.2 Å². The highest BCUT2D eigenvalue weighted by Crippen LogP contribution is 2.20. The number of carbonyl (C=O) groups is 1. The lowest BCUT2D eigenvalue weighted by molar-refractivity contribution is 0.0935. The second-order valence-corrected chi connectivity index (χ2v) is 6.60. The number of nitrogens with one attached hydrogen (secondary N) is 1. The fourth-order valence-electron chi connectivity index (χ4n) is 2.65. The van der Waals surface area contributed by atoms with Crippen LogP contribution in [0.25, 0.3) is 5.82 Å². The molecule has 0 aromatic carbocycles. The highest BCUT2D eigenvalue weighted by atomic mass is 32.2. The average Bonchev–Trinajstić information content (AvgIpc) is 2.84. The van der Waals surface area contributed by atoms with E-state index in [-0.39, 0.29) is 23.8 Å². The van der Waals surface area contributed by atoms with Crippen molar-refractivity contribution in [3.05, 3.63) is 47.4 Å². The number of amides is 1. The lowest BCUT2D eigenvalue weighted by atomic mass is 10.2. The highest BCUT2D eigenvalue weighted by molar-refractivity contribution is 7.99. The minimum absolute atomic E-state index is 0.0155. The molecule has 6 heteroatoms. The molecule has 23 heavy (non-hydrogen) atoms. The molecule has 0 fully saturated rings. The van der Waals surface area contributed by atoms with Gasteiger partial charge in [0.05, 0.1) is 12.2 Å². The van der Waals surface area contributed by atoms with Gasteiger partial charge in [-0.2, -0.15) is 11.8 Å². The summed E-state index contributed by atoms with van der Waals surface area (Å²) in [5, 5.41) is 12.3. The van der Waals surface area contributed by atoms with Gasteiger partial charge in [0.25, 0.3) is 5.91 Å². The largest absolute Gasteiger partial charge is 0.395 e. The van der Waals surface area contributed by atoms with Crippen molar-refractivity contribution >= 4 is 17.7 Å². The number of carbonyl (C=O) groups excluding carboxylic acids is 1. The molecule has 2 aromatic heterocycles. The van der Waals surface area contributed by atoms with Crippen molar-refractivity contribution in [2.75, 3.05) is 12.9 Å². The maximum atomic E-state index is 12.6. The van der Waals surface area contributed by atoms with E-state index in [0.717, 1.165) is 17.2 Å². The van der Waals surface area contributed by atoms with E-state index in [1.54, 1.807) is 18.0 Å². The molecule has 0 saturated carbocycles. The van der Waals surface area contributed by atoms with Crippen LogP contribution < -0.4 is 5.32 Å². The molecule has 124 valence electrons. The summed E-state index contributed by atoms with van der Waals surface area (Å²) in [5.41, 5.74) is 2.45. The predicted molar refractivity (Wildman–Crippen MR) is 94.4 cm³/mol. The number of rotatable bonds is 6. The summed E-state index contributed by atoms with van der Waals surface area (Å²) in [7, 11) is 0. The van der Waals surface area contributed by atoms with Gasteiger partial charge in [0.2, 0.25) is 0 Å². The van der Waals surface area contributed by atoms with Crippen LogP contribution >= 0.6 is 11.8 Å². The lowest BCUT2D eigenvalue weighted by Gasteiger charge is -2.21. The number of aliphatic hydroxyl groups is 1. The quantitative estimate of drug-likeness (QED) is 0.851. The molecule has 0 aliphatic carbocycles. The summed E-state index contributed by atoms with van der Waals surface area (Å²) < 4.78 is 1.97. The number of aryl methyl sites for hydroxylation is 1. The van der Waals surface area contributed by atoms with Gasteiger partial charge in [-0.25, -0.2) is 4.98 Å². The van der Waals surface area contributed by atoms with Crippen LogP contribution in [0, 0.1) is 13.8 Å². The second-order valence-electron chi connectivity index (χ2n) is 5.53. The third kappa shape index (κ3) is 3.76. The molecule has 0 aliphatic rings. The fraction of sp³-hybridized carbons (Fsp3) is 0.412. The van der Waals surface area contributed by atoms with E-state index in [1.165, 1.54) is 0 Å². The maximum Gasteiger partial charge on any atom is 0.253 e. The van der Waals surface area contributed by atoms with Crippen LogP contribution in [-0.4, -0.2) is 44.7 Å². The van der Waals surface area contributed by atoms with Gasteiger partial charge in [-0.3, -0.25) is 4.79 Å². The molecule has 0 spiro atoms. The standard InChI is InChI=1S/C17H23N3O2S/c1-11-9-14(17(22)19-12(2)15(10-21)23-4)13(3)20(11)16-7-5-6-8-18-16/h5-9,12,15,21H,10H2,1-4H3,(H,19,22). The van der Waals surface area contributed by atoms with Crippen molar-refractivity contribution < 1.29 is 9.90 Å². The Morgan fingerprint density at radius 2 is 2.17 bits per heavy atom. The zero-order valence-electron chi connectivity index (χ0n) is 13.9. The Kier molecular flexibility index (Phi) is 5.85. The Morgan fingerprint density at radius 1 is 1.43 bits per heavy atom. The van der Waals surface area contributed by atoms with Crippen molar-refractivity contribution in [1.82, 2.24) is 14.9 Å². The third-order valence-electron chi connectivity index (χ3n) is 3.95. The van der Waals surface area contributed by atoms with Crippen molar-refractivity contribution in [3.8, 4) is 5.82 Å². The van der Waals surface area contributed by atoms with Crippen molar-refractivity contribution in [2.45, 2.75) is 32.1 Å². The molecule has 0 bridgehead atoms. The second kappa shape index (κ2) is 7.66. The lowest BCUT2D eigenvalue weighted by Crippen LogP contribution is -2.41. The molecule has 1 amide bonds. The third-order valence-corrected chi connectivity index (χ3v) is 5.12. The number of hydrogen-bond acceptors (Lipinski definition) is 4. The first-order valence-corrected chi connectivity index (χ1v) is 8.83. The van der Waals surface area contributed by atoms with Crippen molar-refractivity contribution in [2.24, 2.45) is 0 Å². The van der Waals surface area contributed by atoms with Crippen molar-refractivity contribution in [1.29, 1.82) is 0 Å². The number of thioether (sulfide) groups is 1. The summed E-state index contributed by atoms with van der Waals surface area (Å²) in [6.45, 7) is 5.82. The number of aromatic nitrogens is 2. The Balaban J connectivity index is 2.26. The van der Waals surface area contributed by atoms with Crippen molar-refractivity contribution in [3.63, 3.8) is 0 Å². The first-order valence-electron chi connectivity index (χ1n) is 7.54. The number of nitrogens with zero attached hydrogens (tertiary/aromatic N) is 2. The molecule has 5 nitrogen and oxygen atoms in total. The molecular formula is C17H23N3O2S. The molecular weight excluding hydrogens is 310 g/mol. The molecule has 2 heterocycles. The van der Waals surface area contributed by atoms with Gasteiger partial charge in [-0.05, 0) is 45.2 Å². The number of aliphatic hydroxyl groups excluding tert-OH is 1. The monoisotopic (exact) mass is 333 g/mol. The van der Waals surface area contributed by atoms with E-state index >= 15 is 0 Å². The van der Waals surface area contributed by atoms with Gasteiger partial charge in [0.15, 0.2) is 0 Å². The van der Waals surface area contributed by atoms with E-state index < -0.39 is 0 Å². The first kappa shape index (κ1) is 17.6. The van der Waals surface area contributed by atoms with Crippen LogP contribution in [0.3, 0.4) is 0 Å². The van der Waals surface area contributed by atoms with E-state index in [4.69, 9.17) is 0 Å². The Labute approximate surface area is 141 Å². The molecule has 0 aliphatic heterocycles. The Bertz CT molecular complexity index is 666. The zero-order chi connectivity index (χ0) is 17.0. The highest BCUT2D eigenvalue weighted by Gasteiger charge is 2.21. The van der Waals surface area contributed by atoms with Gasteiger partial charge < -0.3 is 15.0 Å². The van der Waals surface area contributed by atoms with E-state index in [1.807, 2.05) is 55.9 Å². The molecule has 2 N–H and O–H groups in total. The molecule has 2 unspecified atom stereocenters. The minimum atomic E-state index is -0.125. The summed E-state index contributed by atoms with van der Waals surface area (Å²) >= 11 is 1.54. The first-order chi connectivity index (χ1) is 11.0. The molecule has 2 atom stereocenters. The van der Waals surface area contributed by atoms with E-state index in [2.05, 4.69) is 10.3 Å². The van der Waals surface area contributed by atoms with Gasteiger partial charge in [0, 0.05) is 28.9 Å². The van der Waals surface area contributed by atoms with Gasteiger partial charge >= 0.3 is 0 Å². The molecule has 0 radical (unpaired) electrons. The Morgan fingerprint density at radius 3 is 2.74 bits per heavy atom. The molecule has 2 aromatic rings. The summed E-state index contributed by atoms with van der Waals surface area (Å²) in [6, 6.07) is 7.47. The number of pyridine rings is 1. The van der Waals surface area contributed by atoms with Crippen LogP contribution in [0.4, 0.5) is 0 Å². The van der Waals surface area contributed by atoms with Gasteiger partial charge in [-0.15, -0.1) is 0 Å². The summed E-state index contributed by atoms with van der Waals surface area (Å²) in [6.07, 6.45) is 3.66. The zero-order valence-corrected chi connectivity index (χ0v) is 14.7. The average molecular weight is 333 g/mol. The SMILES string of the molecule is CSC(CO)C(C)NC(=O)c1cc(C)n(-c2ccccn2)c1C. The molecule has 2 rings (SSSR count). The summed E-state index contributed by atoms with van der Waals surface area (Å²) in [5.74, 6) is 0.673. The number of hydrogen-bond donors (Lipinski definition) is 2. The van der Waals surface area contributed by atoms with Crippen LogP contribution in [0.2, 0.25) is 0 Å². The normalized spacial score (nSPS) is 13.6. The van der Waals surface area contributed by atoms with E-state index in [9.17, 15) is 9.90 Å². The van der Waals surface area contributed by atoms with Gasteiger partial charge in [-0.1, -0.05) is 6.07 Å². The Hall–Kier alpha value is -1.79. The fourth-order valence-corrected chi connectivity index (χ4v) is 3.27. The maximum absolute atomic E-state index is 12.6.